The van der Waals surface area contributed by atoms with Crippen molar-refractivity contribution in [2.75, 3.05) is 31.1 Å². The van der Waals surface area contributed by atoms with Crippen LogP contribution in [0.3, 0.4) is 0 Å². The fourth-order valence-corrected chi connectivity index (χ4v) is 3.99. The molecule has 0 unspecified atom stereocenters. The second-order valence-corrected chi connectivity index (χ2v) is 7.28. The SMILES string of the molecule is CC(=O)N1CCN(c2ccc(-c3ccc4sc(=O)[nH]c4c3)cc2)CC1. The van der Waals surface area contributed by atoms with E-state index in [-0.39, 0.29) is 10.8 Å². The topological polar surface area (TPSA) is 56.4 Å². The van der Waals surface area contributed by atoms with Crippen molar-refractivity contribution in [3.8, 4) is 11.1 Å². The van der Waals surface area contributed by atoms with Crippen LogP contribution < -0.4 is 9.77 Å². The van der Waals surface area contributed by atoms with Crippen molar-refractivity contribution in [1.82, 2.24) is 9.88 Å². The number of piperazine rings is 1. The van der Waals surface area contributed by atoms with Gasteiger partial charge in [0.1, 0.15) is 0 Å². The molecule has 4 rings (SSSR count). The maximum atomic E-state index is 11.5. The largest absolute Gasteiger partial charge is 0.368 e. The van der Waals surface area contributed by atoms with Crippen molar-refractivity contribution in [3.63, 3.8) is 0 Å². The van der Waals surface area contributed by atoms with Crippen LogP contribution in [0.2, 0.25) is 0 Å². The molecule has 0 radical (unpaired) electrons. The van der Waals surface area contributed by atoms with Gasteiger partial charge in [0, 0.05) is 38.8 Å². The summed E-state index contributed by atoms with van der Waals surface area (Å²) in [6.45, 7) is 4.91. The van der Waals surface area contributed by atoms with Gasteiger partial charge in [0.15, 0.2) is 0 Å². The van der Waals surface area contributed by atoms with E-state index >= 15 is 0 Å². The Morgan fingerprint density at radius 2 is 1.68 bits per heavy atom. The van der Waals surface area contributed by atoms with Gasteiger partial charge in [-0.25, -0.2) is 0 Å². The number of nitrogens with one attached hydrogen (secondary N) is 1. The average molecular weight is 353 g/mol. The van der Waals surface area contributed by atoms with Crippen LogP contribution in [0, 0.1) is 0 Å². The smallest absolute Gasteiger partial charge is 0.305 e. The molecule has 1 fully saturated rings. The Morgan fingerprint density at radius 1 is 1.00 bits per heavy atom. The Kier molecular flexibility index (Phi) is 4.05. The quantitative estimate of drug-likeness (QED) is 0.771. The number of anilines is 1. The van der Waals surface area contributed by atoms with Crippen molar-refractivity contribution in [3.05, 3.63) is 52.1 Å². The van der Waals surface area contributed by atoms with E-state index in [4.69, 9.17) is 0 Å². The third-order valence-electron chi connectivity index (χ3n) is 4.71. The number of benzene rings is 2. The normalized spacial score (nSPS) is 14.9. The molecule has 3 aromatic rings. The molecule has 25 heavy (non-hydrogen) atoms. The number of nitrogens with zero attached hydrogens (tertiary/aromatic N) is 2. The van der Waals surface area contributed by atoms with Crippen LogP contribution in [-0.4, -0.2) is 42.0 Å². The Balaban J connectivity index is 1.53. The van der Waals surface area contributed by atoms with E-state index in [1.165, 1.54) is 17.0 Å². The minimum absolute atomic E-state index is 0.0211. The second kappa shape index (κ2) is 6.37. The number of aromatic nitrogens is 1. The van der Waals surface area contributed by atoms with Crippen LogP contribution in [-0.2, 0) is 4.79 Å². The van der Waals surface area contributed by atoms with Gasteiger partial charge in [-0.1, -0.05) is 29.5 Å². The first kappa shape index (κ1) is 15.9. The number of thiazole rings is 1. The number of rotatable bonds is 2. The lowest BCUT2D eigenvalue weighted by Crippen LogP contribution is -2.48. The van der Waals surface area contributed by atoms with E-state index < -0.39 is 0 Å². The molecule has 0 atom stereocenters. The van der Waals surface area contributed by atoms with E-state index in [0.29, 0.717) is 0 Å². The summed E-state index contributed by atoms with van der Waals surface area (Å²) in [5.74, 6) is 0.150. The molecule has 1 saturated heterocycles. The van der Waals surface area contributed by atoms with Gasteiger partial charge in [0.2, 0.25) is 5.91 Å². The summed E-state index contributed by atoms with van der Waals surface area (Å²) in [4.78, 5) is 29.9. The summed E-state index contributed by atoms with van der Waals surface area (Å²) in [7, 11) is 0. The standard InChI is InChI=1S/C19H19N3O2S/c1-13(23)21-8-10-22(11-9-21)16-5-2-14(3-6-16)15-4-7-18-17(12-15)20-19(24)25-18/h2-7,12H,8-11H2,1H3,(H,20,24). The molecule has 5 nitrogen and oxygen atoms in total. The average Bonchev–Trinajstić information content (AvgIpc) is 3.01. The lowest BCUT2D eigenvalue weighted by Gasteiger charge is -2.35. The summed E-state index contributed by atoms with van der Waals surface area (Å²) in [5, 5.41) is 0. The van der Waals surface area contributed by atoms with Crippen molar-refractivity contribution >= 4 is 33.1 Å². The van der Waals surface area contributed by atoms with E-state index in [0.717, 1.165) is 47.5 Å². The number of fused-ring (bicyclic) bond motifs is 1. The molecule has 2 aromatic carbocycles. The first-order valence-electron chi connectivity index (χ1n) is 8.34. The molecule has 1 aliphatic heterocycles. The van der Waals surface area contributed by atoms with Gasteiger partial charge < -0.3 is 14.8 Å². The van der Waals surface area contributed by atoms with Crippen molar-refractivity contribution in [2.24, 2.45) is 0 Å². The number of carbonyl (C=O) groups is 1. The third-order valence-corrected chi connectivity index (χ3v) is 5.57. The lowest BCUT2D eigenvalue weighted by atomic mass is 10.0. The van der Waals surface area contributed by atoms with Gasteiger partial charge in [-0.15, -0.1) is 0 Å². The molecule has 6 heteroatoms. The van der Waals surface area contributed by atoms with Gasteiger partial charge in [-0.2, -0.15) is 0 Å². The summed E-state index contributed by atoms with van der Waals surface area (Å²) in [6, 6.07) is 14.5. The molecule has 1 aromatic heterocycles. The number of hydrogen-bond acceptors (Lipinski definition) is 4. The molecule has 1 N–H and O–H groups in total. The summed E-state index contributed by atoms with van der Waals surface area (Å²) in [6.07, 6.45) is 0. The fourth-order valence-electron chi connectivity index (χ4n) is 3.28. The number of aromatic amines is 1. The summed E-state index contributed by atoms with van der Waals surface area (Å²) in [5.41, 5.74) is 4.28. The fraction of sp³-hybridized carbons (Fsp3) is 0.263. The van der Waals surface area contributed by atoms with Crippen LogP contribution in [0.4, 0.5) is 5.69 Å². The molecule has 0 spiro atoms. The molecule has 1 aliphatic rings. The van der Waals surface area contributed by atoms with Gasteiger partial charge >= 0.3 is 4.87 Å². The summed E-state index contributed by atoms with van der Waals surface area (Å²) >= 11 is 1.23. The van der Waals surface area contributed by atoms with Crippen LogP contribution in [0.25, 0.3) is 21.3 Å². The molecule has 0 saturated carbocycles. The Bertz CT molecular complexity index is 966. The van der Waals surface area contributed by atoms with E-state index in [1.807, 2.05) is 23.1 Å². The first-order valence-corrected chi connectivity index (χ1v) is 9.15. The van der Waals surface area contributed by atoms with E-state index in [2.05, 4.69) is 34.1 Å². The van der Waals surface area contributed by atoms with Crippen LogP contribution >= 0.6 is 11.3 Å². The third kappa shape index (κ3) is 3.17. The first-order chi connectivity index (χ1) is 12.1. The number of carbonyl (C=O) groups excluding carboxylic acids is 1. The Hall–Kier alpha value is -2.60. The Morgan fingerprint density at radius 3 is 2.36 bits per heavy atom. The van der Waals surface area contributed by atoms with Crippen LogP contribution in [0.5, 0.6) is 0 Å². The van der Waals surface area contributed by atoms with Crippen LogP contribution in [0.1, 0.15) is 6.92 Å². The van der Waals surface area contributed by atoms with Gasteiger partial charge in [0.25, 0.3) is 0 Å². The molecular formula is C19H19N3O2S. The van der Waals surface area contributed by atoms with Gasteiger partial charge in [0.05, 0.1) is 10.2 Å². The highest BCUT2D eigenvalue weighted by molar-refractivity contribution is 7.16. The number of H-pyrrole nitrogens is 1. The predicted molar refractivity (Wildman–Crippen MR) is 102 cm³/mol. The van der Waals surface area contributed by atoms with Gasteiger partial charge in [-0.05, 0) is 35.4 Å². The van der Waals surface area contributed by atoms with Crippen molar-refractivity contribution < 1.29 is 4.79 Å². The Labute approximate surface area is 149 Å². The zero-order valence-corrected chi connectivity index (χ0v) is 14.8. The highest BCUT2D eigenvalue weighted by Gasteiger charge is 2.18. The molecular weight excluding hydrogens is 334 g/mol. The second-order valence-electron chi connectivity index (χ2n) is 6.27. The maximum absolute atomic E-state index is 11.5. The maximum Gasteiger partial charge on any atom is 0.305 e. The molecule has 2 heterocycles. The van der Waals surface area contributed by atoms with E-state index in [9.17, 15) is 9.59 Å². The van der Waals surface area contributed by atoms with Crippen molar-refractivity contribution in [2.45, 2.75) is 6.92 Å². The highest BCUT2D eigenvalue weighted by Crippen LogP contribution is 2.27. The minimum Gasteiger partial charge on any atom is -0.368 e. The zero-order valence-electron chi connectivity index (χ0n) is 14.0. The summed E-state index contributed by atoms with van der Waals surface area (Å²) < 4.78 is 0.980. The van der Waals surface area contributed by atoms with E-state index in [1.54, 1.807) is 6.92 Å². The van der Waals surface area contributed by atoms with Crippen molar-refractivity contribution in [1.29, 1.82) is 0 Å². The van der Waals surface area contributed by atoms with Gasteiger partial charge in [-0.3, -0.25) is 9.59 Å². The molecule has 0 aliphatic carbocycles. The lowest BCUT2D eigenvalue weighted by molar-refractivity contribution is -0.129. The monoisotopic (exact) mass is 353 g/mol. The highest BCUT2D eigenvalue weighted by atomic mass is 32.1. The predicted octanol–water partition coefficient (Wildman–Crippen LogP) is 2.93. The minimum atomic E-state index is -0.0211. The molecule has 1 amide bonds. The number of hydrogen-bond donors (Lipinski definition) is 1. The number of amides is 1. The molecule has 128 valence electrons. The molecule has 0 bridgehead atoms. The zero-order chi connectivity index (χ0) is 17.4. The van der Waals surface area contributed by atoms with Crippen LogP contribution in [0.15, 0.2) is 47.3 Å².